The van der Waals surface area contributed by atoms with Crippen molar-refractivity contribution in [2.24, 2.45) is 0 Å². The van der Waals surface area contributed by atoms with Crippen molar-refractivity contribution in [1.82, 2.24) is 4.98 Å². The van der Waals surface area contributed by atoms with E-state index in [-0.39, 0.29) is 11.3 Å². The summed E-state index contributed by atoms with van der Waals surface area (Å²) in [5, 5.41) is 7.53. The highest BCUT2D eigenvalue weighted by Crippen LogP contribution is 2.26. The van der Waals surface area contributed by atoms with Gasteiger partial charge in [-0.15, -0.1) is 0 Å². The average Bonchev–Trinajstić information content (AvgIpc) is 2.16. The molecule has 0 radical (unpaired) electrons. The van der Waals surface area contributed by atoms with Crippen molar-refractivity contribution >= 4 is 22.7 Å². The molecule has 15 heavy (non-hydrogen) atoms. The Balaban J connectivity index is 3.45. The van der Waals surface area contributed by atoms with Crippen LogP contribution in [0.15, 0.2) is 6.07 Å². The summed E-state index contributed by atoms with van der Waals surface area (Å²) in [6.45, 7) is 0. The summed E-state index contributed by atoms with van der Waals surface area (Å²) in [6, 6.07) is 2.32. The lowest BCUT2D eigenvalue weighted by Crippen LogP contribution is -2.05. The van der Waals surface area contributed by atoms with Crippen LogP contribution in [0.1, 0.15) is 28.0 Å². The summed E-state index contributed by atoms with van der Waals surface area (Å²) in [5.74, 6) is -0.483. The van der Waals surface area contributed by atoms with Crippen molar-refractivity contribution in [1.29, 1.82) is 5.26 Å². The third kappa shape index (κ3) is 2.19. The summed E-state index contributed by atoms with van der Waals surface area (Å²) in [7, 11) is 0. The molecule has 0 saturated carbocycles. The van der Waals surface area contributed by atoms with E-state index in [0.717, 1.165) is 6.07 Å². The van der Waals surface area contributed by atoms with Crippen LogP contribution in [0.3, 0.4) is 0 Å². The Morgan fingerprint density at radius 3 is 2.67 bits per heavy atom. The second kappa shape index (κ2) is 4.19. The number of carbonyl (C=O) groups is 1. The van der Waals surface area contributed by atoms with Gasteiger partial charge in [0.25, 0.3) is 11.7 Å². The molecule has 0 aromatic carbocycles. The van der Waals surface area contributed by atoms with E-state index in [1.54, 1.807) is 6.07 Å². The highest BCUT2D eigenvalue weighted by Gasteiger charge is 2.19. The summed E-state index contributed by atoms with van der Waals surface area (Å²) in [4.78, 5) is 14.2. The fourth-order valence-electron chi connectivity index (χ4n) is 0.953. The number of aromatic nitrogens is 1. The number of nitrogens with two attached hydrogens (primary N) is 1. The maximum absolute atomic E-state index is 12.3. The van der Waals surface area contributed by atoms with Crippen LogP contribution < -0.4 is 5.73 Å². The van der Waals surface area contributed by atoms with Crippen LogP contribution in [0.2, 0.25) is 0 Å². The first-order valence-corrected chi connectivity index (χ1v) is 4.03. The number of anilines is 1. The predicted molar refractivity (Wildman–Crippen MR) is 48.5 cm³/mol. The monoisotopic (exact) mass is 231 g/mol. The van der Waals surface area contributed by atoms with E-state index in [2.05, 4.69) is 4.98 Å². The molecule has 2 N–H and O–H groups in total. The third-order valence-corrected chi connectivity index (χ3v) is 1.84. The molecule has 0 spiro atoms. The Hall–Kier alpha value is -1.74. The molecule has 0 amide bonds. The SMILES string of the molecule is N#Cc1nc(N)c(C(F)F)cc1C(=O)Cl. The summed E-state index contributed by atoms with van der Waals surface area (Å²) in [6.07, 6.45) is -2.87. The molecule has 1 heterocycles. The van der Waals surface area contributed by atoms with Crippen molar-refractivity contribution in [3.8, 4) is 6.07 Å². The molecule has 0 fully saturated rings. The number of nitriles is 1. The minimum absolute atomic E-state index is 0.364. The summed E-state index contributed by atoms with van der Waals surface area (Å²) < 4.78 is 24.7. The molecule has 0 unspecified atom stereocenters. The van der Waals surface area contributed by atoms with Crippen molar-refractivity contribution < 1.29 is 13.6 Å². The molecule has 0 aliphatic carbocycles. The zero-order chi connectivity index (χ0) is 11.6. The Labute approximate surface area is 88.3 Å². The molecule has 78 valence electrons. The largest absolute Gasteiger partial charge is 0.383 e. The standard InChI is InChI=1S/C8H4ClF2N3O/c9-6(15)3-1-4(7(10)11)8(13)14-5(3)2-12/h1,7H,(H2,13,14). The Bertz CT molecular complexity index is 456. The molecule has 0 aliphatic rings. The molecular weight excluding hydrogens is 228 g/mol. The van der Waals surface area contributed by atoms with Crippen LogP contribution >= 0.6 is 11.6 Å². The molecule has 1 rings (SSSR count). The van der Waals surface area contributed by atoms with E-state index in [0.29, 0.717) is 0 Å². The minimum Gasteiger partial charge on any atom is -0.383 e. The lowest BCUT2D eigenvalue weighted by Gasteiger charge is -2.05. The number of hydrogen-bond acceptors (Lipinski definition) is 4. The molecule has 7 heteroatoms. The van der Waals surface area contributed by atoms with Gasteiger partial charge in [0.05, 0.1) is 11.1 Å². The number of pyridine rings is 1. The van der Waals surface area contributed by atoms with Crippen LogP contribution in [-0.4, -0.2) is 10.2 Å². The van der Waals surface area contributed by atoms with Crippen molar-refractivity contribution in [3.05, 3.63) is 22.9 Å². The van der Waals surface area contributed by atoms with E-state index in [9.17, 15) is 13.6 Å². The molecule has 4 nitrogen and oxygen atoms in total. The van der Waals surface area contributed by atoms with E-state index >= 15 is 0 Å². The predicted octanol–water partition coefficient (Wildman–Crippen LogP) is 1.85. The van der Waals surface area contributed by atoms with Gasteiger partial charge in [0.15, 0.2) is 5.69 Å². The van der Waals surface area contributed by atoms with Gasteiger partial charge < -0.3 is 5.73 Å². The van der Waals surface area contributed by atoms with Crippen LogP contribution in [-0.2, 0) is 0 Å². The second-order valence-corrected chi connectivity index (χ2v) is 2.89. The molecule has 0 saturated heterocycles. The maximum Gasteiger partial charge on any atom is 0.267 e. The van der Waals surface area contributed by atoms with Crippen LogP contribution in [0.25, 0.3) is 0 Å². The Morgan fingerprint density at radius 2 is 2.27 bits per heavy atom. The Kier molecular flexibility index (Phi) is 3.17. The van der Waals surface area contributed by atoms with E-state index < -0.39 is 23.0 Å². The van der Waals surface area contributed by atoms with E-state index in [1.165, 1.54) is 0 Å². The number of hydrogen-bond donors (Lipinski definition) is 1. The number of nitrogen functional groups attached to an aromatic ring is 1. The van der Waals surface area contributed by atoms with Gasteiger partial charge >= 0.3 is 0 Å². The van der Waals surface area contributed by atoms with Gasteiger partial charge in [0, 0.05) is 0 Å². The molecule has 0 atom stereocenters. The normalized spacial score (nSPS) is 10.1. The van der Waals surface area contributed by atoms with Crippen molar-refractivity contribution in [2.45, 2.75) is 6.43 Å². The fraction of sp³-hybridized carbons (Fsp3) is 0.125. The number of halogens is 3. The lowest BCUT2D eigenvalue weighted by molar-refractivity contribution is 0.108. The first kappa shape index (κ1) is 11.3. The van der Waals surface area contributed by atoms with Gasteiger partial charge in [-0.25, -0.2) is 13.8 Å². The Morgan fingerprint density at radius 1 is 1.67 bits per heavy atom. The third-order valence-electron chi connectivity index (χ3n) is 1.64. The van der Waals surface area contributed by atoms with Gasteiger partial charge in [-0.1, -0.05) is 0 Å². The first-order chi connectivity index (χ1) is 6.97. The molecule has 0 bridgehead atoms. The topological polar surface area (TPSA) is 79.8 Å². The van der Waals surface area contributed by atoms with Gasteiger partial charge in [-0.2, -0.15) is 5.26 Å². The summed E-state index contributed by atoms with van der Waals surface area (Å²) in [5.41, 5.74) is 3.82. The number of nitrogens with zero attached hydrogens (tertiary/aromatic N) is 2. The second-order valence-electron chi connectivity index (χ2n) is 2.55. The smallest absolute Gasteiger partial charge is 0.267 e. The van der Waals surface area contributed by atoms with Crippen molar-refractivity contribution in [3.63, 3.8) is 0 Å². The van der Waals surface area contributed by atoms with Gasteiger partial charge in [0.2, 0.25) is 0 Å². The highest BCUT2D eigenvalue weighted by atomic mass is 35.5. The molecule has 1 aromatic heterocycles. The maximum atomic E-state index is 12.3. The number of rotatable bonds is 2. The minimum atomic E-state index is -2.87. The lowest BCUT2D eigenvalue weighted by atomic mass is 10.1. The van der Waals surface area contributed by atoms with Gasteiger partial charge in [-0.05, 0) is 17.7 Å². The fourth-order valence-corrected chi connectivity index (χ4v) is 1.10. The van der Waals surface area contributed by atoms with Gasteiger partial charge in [-0.3, -0.25) is 4.79 Å². The van der Waals surface area contributed by atoms with Crippen molar-refractivity contribution in [2.75, 3.05) is 5.73 Å². The van der Waals surface area contributed by atoms with E-state index in [4.69, 9.17) is 22.6 Å². The number of carbonyl (C=O) groups excluding carboxylic acids is 1. The molecular formula is C8H4ClF2N3O. The van der Waals surface area contributed by atoms with Crippen LogP contribution in [0, 0.1) is 11.3 Å². The average molecular weight is 232 g/mol. The summed E-state index contributed by atoms with van der Waals surface area (Å²) >= 11 is 5.10. The van der Waals surface area contributed by atoms with Crippen LogP contribution in [0.4, 0.5) is 14.6 Å². The van der Waals surface area contributed by atoms with Gasteiger partial charge in [0.1, 0.15) is 11.9 Å². The molecule has 1 aromatic rings. The molecule has 0 aliphatic heterocycles. The zero-order valence-corrected chi connectivity index (χ0v) is 7.92. The zero-order valence-electron chi connectivity index (χ0n) is 7.17. The first-order valence-electron chi connectivity index (χ1n) is 3.66. The number of alkyl halides is 2. The van der Waals surface area contributed by atoms with E-state index in [1.807, 2.05) is 0 Å². The quantitative estimate of drug-likeness (QED) is 0.788. The van der Waals surface area contributed by atoms with Crippen LogP contribution in [0.5, 0.6) is 0 Å². The highest BCUT2D eigenvalue weighted by molar-refractivity contribution is 6.68.